The summed E-state index contributed by atoms with van der Waals surface area (Å²) in [5.74, 6) is -0.213. The largest absolute Gasteiger partial charge is 0.387 e. The lowest BCUT2D eigenvalue weighted by atomic mass is 9.65. The van der Waals surface area contributed by atoms with E-state index in [1.807, 2.05) is 35.2 Å². The topological polar surface area (TPSA) is 93.2 Å². The molecule has 1 spiro atoms. The lowest BCUT2D eigenvalue weighted by Gasteiger charge is -2.54. The number of likely N-dealkylation sites (tertiary alicyclic amines) is 1. The van der Waals surface area contributed by atoms with Gasteiger partial charge in [-0.15, -0.1) is 0 Å². The van der Waals surface area contributed by atoms with E-state index in [2.05, 4.69) is 5.32 Å². The van der Waals surface area contributed by atoms with Gasteiger partial charge in [-0.3, -0.25) is 9.59 Å². The third-order valence-electron chi connectivity index (χ3n) is 7.63. The van der Waals surface area contributed by atoms with Crippen molar-refractivity contribution in [2.45, 2.75) is 51.2 Å². The molecule has 2 aliphatic heterocycles. The lowest BCUT2D eigenvalue weighted by molar-refractivity contribution is -0.161. The van der Waals surface area contributed by atoms with E-state index in [-0.39, 0.29) is 30.9 Å². The van der Waals surface area contributed by atoms with Crippen LogP contribution in [0.4, 0.5) is 4.79 Å². The molecule has 0 aromatic heterocycles. The number of carbonyl (C=O) groups is 3. The molecule has 1 atom stereocenters. The minimum atomic E-state index is -1.02. The molecule has 0 bridgehead atoms. The lowest BCUT2D eigenvalue weighted by Crippen LogP contribution is -2.66. The van der Waals surface area contributed by atoms with Crippen LogP contribution in [0.3, 0.4) is 0 Å². The third kappa shape index (κ3) is 4.46. The molecule has 1 aromatic rings. The van der Waals surface area contributed by atoms with Gasteiger partial charge in [0.2, 0.25) is 11.8 Å². The number of amides is 4. The van der Waals surface area contributed by atoms with Gasteiger partial charge in [0.15, 0.2) is 0 Å². The highest BCUT2D eigenvalue weighted by atomic mass is 16.3. The molecule has 8 heteroatoms. The Morgan fingerprint density at radius 1 is 1.03 bits per heavy atom. The van der Waals surface area contributed by atoms with Crippen LogP contribution < -0.4 is 5.32 Å². The number of piperazine rings is 1. The molecular weight excluding hydrogens is 408 g/mol. The van der Waals surface area contributed by atoms with E-state index in [1.54, 1.807) is 9.80 Å². The van der Waals surface area contributed by atoms with Crippen molar-refractivity contribution in [3.8, 4) is 0 Å². The number of carbonyl (C=O) groups excluding carboxylic acids is 3. The number of β-amino-alcohol motifs (C(OH)–C–C–N with tert-alkyl or cyclic N) is 1. The first-order valence-electron chi connectivity index (χ1n) is 11.6. The number of urea groups is 1. The van der Waals surface area contributed by atoms with Gasteiger partial charge in [0.05, 0.1) is 18.7 Å². The van der Waals surface area contributed by atoms with Gasteiger partial charge < -0.3 is 25.1 Å². The van der Waals surface area contributed by atoms with Crippen molar-refractivity contribution < 1.29 is 19.5 Å². The second-order valence-corrected chi connectivity index (χ2v) is 9.59. The molecule has 4 rings (SSSR count). The Morgan fingerprint density at radius 2 is 1.75 bits per heavy atom. The molecule has 2 heterocycles. The fourth-order valence-electron chi connectivity index (χ4n) is 5.62. The summed E-state index contributed by atoms with van der Waals surface area (Å²) in [7, 11) is 0. The summed E-state index contributed by atoms with van der Waals surface area (Å²) < 4.78 is 0. The molecule has 1 aromatic carbocycles. The molecular formula is C24H34N4O4. The molecule has 2 N–H and O–H groups in total. The summed E-state index contributed by atoms with van der Waals surface area (Å²) in [6.45, 7) is 4.21. The molecule has 0 radical (unpaired) electrons. The average molecular weight is 443 g/mol. The van der Waals surface area contributed by atoms with E-state index < -0.39 is 11.0 Å². The number of rotatable bonds is 4. The Morgan fingerprint density at radius 3 is 2.41 bits per heavy atom. The summed E-state index contributed by atoms with van der Waals surface area (Å²) in [6, 6.07) is 9.72. The normalized spacial score (nSPS) is 25.3. The average Bonchev–Trinajstić information content (AvgIpc) is 3.26. The zero-order chi connectivity index (χ0) is 22.8. The summed E-state index contributed by atoms with van der Waals surface area (Å²) in [6.07, 6.45) is 4.20. The maximum atomic E-state index is 12.9. The summed E-state index contributed by atoms with van der Waals surface area (Å²) >= 11 is 0. The highest BCUT2D eigenvalue weighted by molar-refractivity contribution is 5.85. The maximum Gasteiger partial charge on any atom is 0.317 e. The van der Waals surface area contributed by atoms with Gasteiger partial charge in [-0.05, 0) is 24.8 Å². The monoisotopic (exact) mass is 442 g/mol. The number of nitrogens with zero attached hydrogens (tertiary/aromatic N) is 3. The van der Waals surface area contributed by atoms with Gasteiger partial charge in [0.25, 0.3) is 0 Å². The van der Waals surface area contributed by atoms with E-state index in [0.29, 0.717) is 39.1 Å². The molecule has 2 saturated heterocycles. The van der Waals surface area contributed by atoms with Gasteiger partial charge in [-0.1, -0.05) is 43.2 Å². The molecule has 3 fully saturated rings. The van der Waals surface area contributed by atoms with Crippen molar-refractivity contribution in [2.75, 3.05) is 39.3 Å². The molecule has 1 saturated carbocycles. The van der Waals surface area contributed by atoms with E-state index in [0.717, 1.165) is 31.2 Å². The maximum absolute atomic E-state index is 12.9. The Bertz CT molecular complexity index is 855. The SMILES string of the molecule is CC(=O)N1CCN(CC2(O)CCN(C(=O)NCc3ccccc3)CC23CCCC3)C(=O)C1. The van der Waals surface area contributed by atoms with Crippen molar-refractivity contribution in [1.82, 2.24) is 20.0 Å². The van der Waals surface area contributed by atoms with Gasteiger partial charge in [0, 0.05) is 45.1 Å². The number of benzene rings is 1. The number of nitrogens with one attached hydrogen (secondary N) is 1. The van der Waals surface area contributed by atoms with Crippen molar-refractivity contribution in [3.63, 3.8) is 0 Å². The first-order chi connectivity index (χ1) is 15.3. The molecule has 3 aliphatic rings. The molecule has 1 aliphatic carbocycles. The fraction of sp³-hybridized carbons (Fsp3) is 0.625. The van der Waals surface area contributed by atoms with Crippen LogP contribution in [0, 0.1) is 5.41 Å². The van der Waals surface area contributed by atoms with Gasteiger partial charge in [-0.2, -0.15) is 0 Å². The van der Waals surface area contributed by atoms with Crippen LogP contribution in [0.25, 0.3) is 0 Å². The molecule has 8 nitrogen and oxygen atoms in total. The highest BCUT2D eigenvalue weighted by Gasteiger charge is 2.56. The quantitative estimate of drug-likeness (QED) is 0.741. The second-order valence-electron chi connectivity index (χ2n) is 9.59. The van der Waals surface area contributed by atoms with Crippen LogP contribution in [-0.2, 0) is 16.1 Å². The Labute approximate surface area is 189 Å². The number of aliphatic hydroxyl groups is 1. The van der Waals surface area contributed by atoms with Crippen LogP contribution in [0.1, 0.15) is 44.6 Å². The molecule has 32 heavy (non-hydrogen) atoms. The van der Waals surface area contributed by atoms with Crippen molar-refractivity contribution >= 4 is 17.8 Å². The molecule has 1 unspecified atom stereocenters. The van der Waals surface area contributed by atoms with E-state index in [9.17, 15) is 19.5 Å². The van der Waals surface area contributed by atoms with Crippen LogP contribution in [0.5, 0.6) is 0 Å². The van der Waals surface area contributed by atoms with Crippen molar-refractivity contribution in [3.05, 3.63) is 35.9 Å². The minimum absolute atomic E-state index is 0.0758. The Kier molecular flexibility index (Phi) is 6.42. The summed E-state index contributed by atoms with van der Waals surface area (Å²) in [5.41, 5.74) is -0.366. The second kappa shape index (κ2) is 9.10. The van der Waals surface area contributed by atoms with Gasteiger partial charge in [0.1, 0.15) is 0 Å². The Hall–Kier alpha value is -2.61. The minimum Gasteiger partial charge on any atom is -0.387 e. The summed E-state index contributed by atoms with van der Waals surface area (Å²) in [4.78, 5) is 42.3. The predicted octanol–water partition coefficient (Wildman–Crippen LogP) is 1.58. The first-order valence-corrected chi connectivity index (χ1v) is 11.6. The van der Waals surface area contributed by atoms with E-state index >= 15 is 0 Å². The van der Waals surface area contributed by atoms with Crippen LogP contribution in [0.15, 0.2) is 30.3 Å². The number of hydrogen-bond acceptors (Lipinski definition) is 4. The molecule has 4 amide bonds. The van der Waals surface area contributed by atoms with Crippen molar-refractivity contribution in [1.29, 1.82) is 0 Å². The number of hydrogen-bond donors (Lipinski definition) is 2. The number of piperidine rings is 1. The predicted molar refractivity (Wildman–Crippen MR) is 120 cm³/mol. The van der Waals surface area contributed by atoms with E-state index in [1.165, 1.54) is 6.92 Å². The fourth-order valence-corrected chi connectivity index (χ4v) is 5.62. The Balaban J connectivity index is 1.41. The standard InChI is InChI=1S/C24H34N4O4/c1-19(29)26-13-14-27(21(30)16-26)18-24(32)11-12-28(17-23(24)9-5-6-10-23)22(31)25-15-20-7-3-2-4-8-20/h2-4,7-8,32H,5-6,9-18H2,1H3,(H,25,31). The third-order valence-corrected chi connectivity index (χ3v) is 7.63. The van der Waals surface area contributed by atoms with Gasteiger partial charge >= 0.3 is 6.03 Å². The van der Waals surface area contributed by atoms with E-state index in [4.69, 9.17) is 0 Å². The van der Waals surface area contributed by atoms with Crippen LogP contribution >= 0.6 is 0 Å². The van der Waals surface area contributed by atoms with Gasteiger partial charge in [-0.25, -0.2) is 4.79 Å². The first kappa shape index (κ1) is 22.6. The molecule has 174 valence electrons. The van der Waals surface area contributed by atoms with Crippen LogP contribution in [0.2, 0.25) is 0 Å². The van der Waals surface area contributed by atoms with Crippen molar-refractivity contribution in [2.24, 2.45) is 5.41 Å². The zero-order valence-electron chi connectivity index (χ0n) is 18.9. The summed E-state index contributed by atoms with van der Waals surface area (Å²) in [5, 5.41) is 14.9. The zero-order valence-corrected chi connectivity index (χ0v) is 18.9. The highest BCUT2D eigenvalue weighted by Crippen LogP contribution is 2.51. The smallest absolute Gasteiger partial charge is 0.317 e. The van der Waals surface area contributed by atoms with Crippen LogP contribution in [-0.4, -0.2) is 82.5 Å².